The molecule has 10 heteroatoms. The molecule has 0 saturated carbocycles. The number of thiophene rings is 1. The minimum atomic E-state index is -0.662. The van der Waals surface area contributed by atoms with Gasteiger partial charge in [-0.15, -0.1) is 11.3 Å². The van der Waals surface area contributed by atoms with Crippen LogP contribution in [0.5, 0.6) is 17.4 Å². The van der Waals surface area contributed by atoms with Crippen LogP contribution in [0.3, 0.4) is 0 Å². The highest BCUT2D eigenvalue weighted by Gasteiger charge is 2.24. The number of fused-ring (bicyclic) bond motifs is 4. The topological polar surface area (TPSA) is 112 Å². The highest BCUT2D eigenvalue weighted by atomic mass is 32.1. The van der Waals surface area contributed by atoms with Gasteiger partial charge in [0, 0.05) is 16.6 Å². The molecule has 166 valence electrons. The standard InChI is InChI=1S/C22H22N4O5S/c1-12-2-4-14-17(8-12)32-21-19(14)20(23-11-24-21)31-10-18(27)26-22(28)25-13-3-5-15-16(9-13)30-7-6-29-15/h3,5,9,11-12H,2,4,6-8,10H2,1H3,(H2,25,26,27,28)/t12-/m0/s1. The van der Waals surface area contributed by atoms with E-state index in [4.69, 9.17) is 14.2 Å². The molecule has 0 fully saturated rings. The lowest BCUT2D eigenvalue weighted by Gasteiger charge is -2.19. The van der Waals surface area contributed by atoms with E-state index in [1.165, 1.54) is 16.8 Å². The number of hydrogen-bond acceptors (Lipinski definition) is 8. The Hall–Kier alpha value is -3.40. The number of carbonyl (C=O) groups is 2. The summed E-state index contributed by atoms with van der Waals surface area (Å²) in [7, 11) is 0. The normalized spacial score (nSPS) is 16.8. The first-order valence-corrected chi connectivity index (χ1v) is 11.3. The van der Waals surface area contributed by atoms with Crippen LogP contribution in [0.15, 0.2) is 24.5 Å². The molecule has 1 aliphatic heterocycles. The summed E-state index contributed by atoms with van der Waals surface area (Å²) in [5, 5.41) is 5.75. The molecule has 0 bridgehead atoms. The summed E-state index contributed by atoms with van der Waals surface area (Å²) >= 11 is 1.66. The summed E-state index contributed by atoms with van der Waals surface area (Å²) < 4.78 is 16.6. The summed E-state index contributed by atoms with van der Waals surface area (Å²) in [5.74, 6) is 1.61. The van der Waals surface area contributed by atoms with Gasteiger partial charge in [0.2, 0.25) is 5.88 Å². The van der Waals surface area contributed by atoms with Crippen molar-refractivity contribution in [1.82, 2.24) is 15.3 Å². The highest BCUT2D eigenvalue weighted by Crippen LogP contribution is 2.40. The smallest absolute Gasteiger partial charge is 0.325 e. The maximum Gasteiger partial charge on any atom is 0.325 e. The van der Waals surface area contributed by atoms with Crippen LogP contribution in [0.1, 0.15) is 23.8 Å². The first-order valence-electron chi connectivity index (χ1n) is 10.5. The molecule has 3 heterocycles. The number of ether oxygens (including phenoxy) is 3. The van der Waals surface area contributed by atoms with E-state index in [1.54, 1.807) is 29.5 Å². The Labute approximate surface area is 188 Å². The Morgan fingerprint density at radius 2 is 2.06 bits per heavy atom. The van der Waals surface area contributed by atoms with Gasteiger partial charge >= 0.3 is 6.03 Å². The van der Waals surface area contributed by atoms with E-state index in [0.717, 1.165) is 29.5 Å². The molecule has 3 amide bonds. The number of urea groups is 1. The second-order valence-corrected chi connectivity index (χ2v) is 8.94. The zero-order chi connectivity index (χ0) is 22.1. The molecule has 0 unspecified atom stereocenters. The zero-order valence-corrected chi connectivity index (χ0v) is 18.3. The lowest BCUT2D eigenvalue weighted by atomic mass is 9.89. The summed E-state index contributed by atoms with van der Waals surface area (Å²) in [4.78, 5) is 35.3. The number of rotatable bonds is 4. The van der Waals surface area contributed by atoms with Crippen LogP contribution in [-0.4, -0.2) is 41.7 Å². The number of aromatic nitrogens is 2. The first-order chi connectivity index (χ1) is 15.6. The van der Waals surface area contributed by atoms with Crippen molar-refractivity contribution in [2.75, 3.05) is 25.1 Å². The van der Waals surface area contributed by atoms with Gasteiger partial charge in [-0.3, -0.25) is 10.1 Å². The Morgan fingerprint density at radius 3 is 2.94 bits per heavy atom. The molecule has 1 atom stereocenters. The largest absolute Gasteiger partial charge is 0.486 e. The van der Waals surface area contributed by atoms with E-state index >= 15 is 0 Å². The van der Waals surface area contributed by atoms with Gasteiger partial charge in [0.05, 0.1) is 5.39 Å². The molecule has 9 nitrogen and oxygen atoms in total. The van der Waals surface area contributed by atoms with Gasteiger partial charge in [0.1, 0.15) is 24.4 Å². The first kappa shape index (κ1) is 20.5. The van der Waals surface area contributed by atoms with Gasteiger partial charge in [-0.25, -0.2) is 14.8 Å². The van der Waals surface area contributed by atoms with E-state index in [1.807, 2.05) is 0 Å². The average Bonchev–Trinajstić information content (AvgIpc) is 3.15. The zero-order valence-electron chi connectivity index (χ0n) is 17.5. The van der Waals surface area contributed by atoms with Crippen molar-refractivity contribution in [2.24, 2.45) is 5.92 Å². The number of hydrogen-bond donors (Lipinski definition) is 2. The summed E-state index contributed by atoms with van der Waals surface area (Å²) in [5.41, 5.74) is 1.70. The third-order valence-electron chi connectivity index (χ3n) is 5.45. The van der Waals surface area contributed by atoms with Crippen LogP contribution in [0.2, 0.25) is 0 Å². The van der Waals surface area contributed by atoms with Crippen molar-refractivity contribution in [3.8, 4) is 17.4 Å². The third-order valence-corrected chi connectivity index (χ3v) is 6.61. The van der Waals surface area contributed by atoms with E-state index in [-0.39, 0.29) is 6.61 Å². The van der Waals surface area contributed by atoms with Gasteiger partial charge in [-0.2, -0.15) is 0 Å². The Bertz CT molecular complexity index is 1190. The van der Waals surface area contributed by atoms with Crippen LogP contribution in [0.4, 0.5) is 10.5 Å². The molecule has 32 heavy (non-hydrogen) atoms. The number of imide groups is 1. The number of nitrogens with one attached hydrogen (secondary N) is 2. The molecule has 0 saturated heterocycles. The van der Waals surface area contributed by atoms with Gasteiger partial charge in [-0.05, 0) is 42.9 Å². The molecule has 0 spiro atoms. The molecular weight excluding hydrogens is 432 g/mol. The van der Waals surface area contributed by atoms with Crippen molar-refractivity contribution in [1.29, 1.82) is 0 Å². The summed E-state index contributed by atoms with van der Waals surface area (Å²) in [6, 6.07) is 4.36. The van der Waals surface area contributed by atoms with Crippen LogP contribution in [-0.2, 0) is 17.6 Å². The minimum Gasteiger partial charge on any atom is -0.486 e. The van der Waals surface area contributed by atoms with Gasteiger partial charge in [0.15, 0.2) is 18.1 Å². The van der Waals surface area contributed by atoms with Gasteiger partial charge < -0.3 is 19.5 Å². The predicted octanol–water partition coefficient (Wildman–Crippen LogP) is 3.31. The monoisotopic (exact) mass is 454 g/mol. The lowest BCUT2D eigenvalue weighted by Crippen LogP contribution is -2.37. The highest BCUT2D eigenvalue weighted by molar-refractivity contribution is 7.18. The molecule has 0 radical (unpaired) electrons. The van der Waals surface area contributed by atoms with Crippen LogP contribution >= 0.6 is 11.3 Å². The molecule has 2 N–H and O–H groups in total. The molecule has 3 aromatic rings. The second-order valence-electron chi connectivity index (χ2n) is 7.86. The number of amides is 3. The fourth-order valence-electron chi connectivity index (χ4n) is 3.94. The van der Waals surface area contributed by atoms with E-state index in [9.17, 15) is 9.59 Å². The number of carbonyl (C=O) groups excluding carboxylic acids is 2. The average molecular weight is 455 g/mol. The van der Waals surface area contributed by atoms with Crippen LogP contribution < -0.4 is 24.8 Å². The van der Waals surface area contributed by atoms with Crippen LogP contribution in [0, 0.1) is 5.92 Å². The number of nitrogens with zero attached hydrogens (tertiary/aromatic N) is 2. The Balaban J connectivity index is 1.21. The number of anilines is 1. The SMILES string of the molecule is C[C@H]1CCc2c(sc3ncnc(OCC(=O)NC(=O)Nc4ccc5c(c4)OCCO5)c23)C1. The van der Waals surface area contributed by atoms with Crippen molar-refractivity contribution in [2.45, 2.75) is 26.2 Å². The Morgan fingerprint density at radius 1 is 1.22 bits per heavy atom. The van der Waals surface area contributed by atoms with Crippen LogP contribution in [0.25, 0.3) is 10.2 Å². The van der Waals surface area contributed by atoms with Crippen molar-refractivity contribution in [3.05, 3.63) is 35.0 Å². The molecule has 2 aliphatic rings. The summed E-state index contributed by atoms with van der Waals surface area (Å²) in [6.45, 7) is 2.85. The quantitative estimate of drug-likeness (QED) is 0.622. The maximum absolute atomic E-state index is 12.3. The molecule has 5 rings (SSSR count). The van der Waals surface area contributed by atoms with Crippen molar-refractivity contribution in [3.63, 3.8) is 0 Å². The van der Waals surface area contributed by atoms with Crippen molar-refractivity contribution < 1.29 is 23.8 Å². The second kappa shape index (κ2) is 8.62. The van der Waals surface area contributed by atoms with Gasteiger partial charge in [0.25, 0.3) is 5.91 Å². The Kier molecular flexibility index (Phi) is 5.52. The van der Waals surface area contributed by atoms with Crippen molar-refractivity contribution >= 4 is 39.2 Å². The molecule has 1 aliphatic carbocycles. The molecule has 2 aromatic heterocycles. The molecular formula is C22H22N4O5S. The van der Waals surface area contributed by atoms with E-state index in [2.05, 4.69) is 27.5 Å². The number of aryl methyl sites for hydroxylation is 1. The lowest BCUT2D eigenvalue weighted by molar-refractivity contribution is -0.121. The third kappa shape index (κ3) is 4.18. The summed E-state index contributed by atoms with van der Waals surface area (Å²) in [6.07, 6.45) is 4.52. The van der Waals surface area contributed by atoms with Gasteiger partial charge in [-0.1, -0.05) is 6.92 Å². The molecule has 1 aromatic carbocycles. The minimum absolute atomic E-state index is 0.332. The van der Waals surface area contributed by atoms with E-state index in [0.29, 0.717) is 42.2 Å². The fraction of sp³-hybridized carbons (Fsp3) is 0.364. The van der Waals surface area contributed by atoms with E-state index < -0.39 is 11.9 Å². The predicted molar refractivity (Wildman–Crippen MR) is 119 cm³/mol. The fourth-order valence-corrected chi connectivity index (χ4v) is 5.28. The number of benzene rings is 1. The maximum atomic E-state index is 12.3.